The second-order valence-electron chi connectivity index (χ2n) is 4.57. The second kappa shape index (κ2) is 5.17. The van der Waals surface area contributed by atoms with Gasteiger partial charge in [-0.25, -0.2) is 9.37 Å². The van der Waals surface area contributed by atoms with Crippen LogP contribution in [0.1, 0.15) is 22.1 Å². The molecular weight excluding hydrogens is 269 g/mol. The zero-order valence-corrected chi connectivity index (χ0v) is 10.9. The van der Waals surface area contributed by atoms with Crippen LogP contribution in [0, 0.1) is 17.1 Å². The fraction of sp³-hybridized carbons (Fsp3) is 0.0625. The first-order valence-corrected chi connectivity index (χ1v) is 6.33. The SMILES string of the molecule is N#C[C@H](C(=O)c1ccc(F)cc1)c1nc2ccccc2[nH]1. The number of hydrogen-bond acceptors (Lipinski definition) is 3. The summed E-state index contributed by atoms with van der Waals surface area (Å²) < 4.78 is 12.9. The van der Waals surface area contributed by atoms with Crippen LogP contribution in [0.2, 0.25) is 0 Å². The highest BCUT2D eigenvalue weighted by molar-refractivity contribution is 6.02. The molecule has 4 nitrogen and oxygen atoms in total. The molecule has 0 bridgehead atoms. The zero-order valence-electron chi connectivity index (χ0n) is 10.9. The van der Waals surface area contributed by atoms with E-state index in [-0.39, 0.29) is 5.56 Å². The van der Waals surface area contributed by atoms with Gasteiger partial charge in [0.1, 0.15) is 11.6 Å². The molecule has 0 aliphatic rings. The third-order valence-electron chi connectivity index (χ3n) is 3.20. The van der Waals surface area contributed by atoms with E-state index in [1.165, 1.54) is 24.3 Å². The topological polar surface area (TPSA) is 69.5 Å². The molecule has 0 saturated carbocycles. The Hall–Kier alpha value is -3.00. The molecule has 1 heterocycles. The minimum atomic E-state index is -1.04. The Morgan fingerprint density at radius 3 is 2.57 bits per heavy atom. The van der Waals surface area contributed by atoms with Crippen molar-refractivity contribution in [1.82, 2.24) is 9.97 Å². The summed E-state index contributed by atoms with van der Waals surface area (Å²) in [6.07, 6.45) is 0. The van der Waals surface area contributed by atoms with Crippen LogP contribution in [0.4, 0.5) is 4.39 Å². The van der Waals surface area contributed by atoms with Crippen LogP contribution in [0.3, 0.4) is 0 Å². The molecule has 0 saturated heterocycles. The number of aromatic amines is 1. The summed E-state index contributed by atoms with van der Waals surface area (Å²) in [6, 6.07) is 14.4. The summed E-state index contributed by atoms with van der Waals surface area (Å²) in [5.74, 6) is -1.57. The Morgan fingerprint density at radius 2 is 1.90 bits per heavy atom. The average molecular weight is 279 g/mol. The third-order valence-corrected chi connectivity index (χ3v) is 3.20. The van der Waals surface area contributed by atoms with E-state index in [4.69, 9.17) is 0 Å². The number of para-hydroxylation sites is 2. The van der Waals surface area contributed by atoms with Crippen molar-refractivity contribution < 1.29 is 9.18 Å². The molecule has 0 aliphatic heterocycles. The van der Waals surface area contributed by atoms with Crippen molar-refractivity contribution in [3.63, 3.8) is 0 Å². The predicted octanol–water partition coefficient (Wildman–Crippen LogP) is 3.19. The number of Topliss-reactive ketones (excluding diaryl/α,β-unsaturated/α-hetero) is 1. The van der Waals surface area contributed by atoms with Gasteiger partial charge in [-0.2, -0.15) is 5.26 Å². The van der Waals surface area contributed by atoms with Crippen LogP contribution in [0.25, 0.3) is 11.0 Å². The Kier molecular flexibility index (Phi) is 3.20. The van der Waals surface area contributed by atoms with Crippen LogP contribution in [-0.2, 0) is 0 Å². The van der Waals surface area contributed by atoms with Crippen LogP contribution in [0.15, 0.2) is 48.5 Å². The van der Waals surface area contributed by atoms with E-state index in [2.05, 4.69) is 9.97 Å². The number of halogens is 1. The second-order valence-corrected chi connectivity index (χ2v) is 4.57. The number of carbonyl (C=O) groups is 1. The average Bonchev–Trinajstić information content (AvgIpc) is 2.92. The van der Waals surface area contributed by atoms with Crippen LogP contribution in [-0.4, -0.2) is 15.8 Å². The monoisotopic (exact) mass is 279 g/mol. The lowest BCUT2D eigenvalue weighted by Gasteiger charge is -2.05. The number of fused-ring (bicyclic) bond motifs is 1. The fourth-order valence-corrected chi connectivity index (χ4v) is 2.13. The van der Waals surface area contributed by atoms with Gasteiger partial charge in [0, 0.05) is 5.56 Å². The van der Waals surface area contributed by atoms with E-state index in [0.29, 0.717) is 11.3 Å². The molecule has 0 unspecified atom stereocenters. The number of H-pyrrole nitrogens is 1. The van der Waals surface area contributed by atoms with Crippen molar-refractivity contribution in [2.75, 3.05) is 0 Å². The van der Waals surface area contributed by atoms with Crippen LogP contribution in [0.5, 0.6) is 0 Å². The molecule has 0 aliphatic carbocycles. The van der Waals surface area contributed by atoms with Gasteiger partial charge < -0.3 is 4.98 Å². The van der Waals surface area contributed by atoms with Gasteiger partial charge in [0.2, 0.25) is 0 Å². The Morgan fingerprint density at radius 1 is 1.19 bits per heavy atom. The number of rotatable bonds is 3. The lowest BCUT2D eigenvalue weighted by Crippen LogP contribution is -2.12. The lowest BCUT2D eigenvalue weighted by molar-refractivity contribution is 0.0976. The first-order chi connectivity index (χ1) is 10.2. The molecule has 3 aromatic rings. The molecule has 5 heteroatoms. The van der Waals surface area contributed by atoms with E-state index < -0.39 is 17.5 Å². The molecule has 21 heavy (non-hydrogen) atoms. The maximum absolute atomic E-state index is 12.9. The number of aromatic nitrogens is 2. The highest BCUT2D eigenvalue weighted by atomic mass is 19.1. The maximum atomic E-state index is 12.9. The van der Waals surface area contributed by atoms with E-state index >= 15 is 0 Å². The predicted molar refractivity (Wildman–Crippen MR) is 75.2 cm³/mol. The molecule has 0 fully saturated rings. The van der Waals surface area contributed by atoms with Crippen molar-refractivity contribution in [3.05, 3.63) is 65.7 Å². The molecule has 1 aromatic heterocycles. The summed E-state index contributed by atoms with van der Waals surface area (Å²) in [4.78, 5) is 19.6. The van der Waals surface area contributed by atoms with Gasteiger partial charge in [-0.15, -0.1) is 0 Å². The van der Waals surface area contributed by atoms with Gasteiger partial charge in [-0.3, -0.25) is 4.79 Å². The van der Waals surface area contributed by atoms with Gasteiger partial charge in [0.05, 0.1) is 17.1 Å². The Bertz CT molecular complexity index is 813. The summed E-state index contributed by atoms with van der Waals surface area (Å²) in [5.41, 5.74) is 1.74. The summed E-state index contributed by atoms with van der Waals surface area (Å²) in [6.45, 7) is 0. The molecule has 0 spiro atoms. The lowest BCUT2D eigenvalue weighted by atomic mass is 9.98. The normalized spacial score (nSPS) is 12.0. The standard InChI is InChI=1S/C16H10FN3O/c17-11-7-5-10(6-8-11)15(21)12(9-18)16-19-13-3-1-2-4-14(13)20-16/h1-8,12H,(H,19,20)/t12-/m1/s1. The van der Waals surface area contributed by atoms with Gasteiger partial charge in [0.15, 0.2) is 11.7 Å². The fourth-order valence-electron chi connectivity index (χ4n) is 2.13. The van der Waals surface area contributed by atoms with E-state index in [1.807, 2.05) is 24.3 Å². The third kappa shape index (κ3) is 2.39. The summed E-state index contributed by atoms with van der Waals surface area (Å²) >= 11 is 0. The van der Waals surface area contributed by atoms with Gasteiger partial charge in [-0.1, -0.05) is 12.1 Å². The first-order valence-electron chi connectivity index (χ1n) is 6.33. The molecule has 1 N–H and O–H groups in total. The maximum Gasteiger partial charge on any atom is 0.187 e. The van der Waals surface area contributed by atoms with E-state index in [0.717, 1.165) is 5.52 Å². The van der Waals surface area contributed by atoms with E-state index in [9.17, 15) is 14.4 Å². The Balaban J connectivity index is 1.99. The van der Waals surface area contributed by atoms with Crippen molar-refractivity contribution in [3.8, 4) is 6.07 Å². The highest BCUT2D eigenvalue weighted by Crippen LogP contribution is 2.21. The number of nitrogens with one attached hydrogen (secondary N) is 1. The summed E-state index contributed by atoms with van der Waals surface area (Å²) in [7, 11) is 0. The van der Waals surface area contributed by atoms with Crippen molar-refractivity contribution in [2.24, 2.45) is 0 Å². The quantitative estimate of drug-likeness (QED) is 0.748. The zero-order chi connectivity index (χ0) is 14.8. The molecule has 0 amide bonds. The van der Waals surface area contributed by atoms with Crippen LogP contribution >= 0.6 is 0 Å². The van der Waals surface area contributed by atoms with Crippen molar-refractivity contribution in [2.45, 2.75) is 5.92 Å². The molecule has 2 aromatic carbocycles. The smallest absolute Gasteiger partial charge is 0.187 e. The number of benzene rings is 2. The number of hydrogen-bond donors (Lipinski definition) is 1. The number of imidazole rings is 1. The number of carbonyl (C=O) groups excluding carboxylic acids is 1. The molecule has 0 radical (unpaired) electrons. The van der Waals surface area contributed by atoms with Gasteiger partial charge in [0.25, 0.3) is 0 Å². The molecule has 3 rings (SSSR count). The minimum absolute atomic E-state index is 0.281. The largest absolute Gasteiger partial charge is 0.340 e. The highest BCUT2D eigenvalue weighted by Gasteiger charge is 2.25. The van der Waals surface area contributed by atoms with Crippen molar-refractivity contribution in [1.29, 1.82) is 5.26 Å². The van der Waals surface area contributed by atoms with E-state index in [1.54, 1.807) is 6.07 Å². The van der Waals surface area contributed by atoms with Gasteiger partial charge in [-0.05, 0) is 36.4 Å². The molecular formula is C16H10FN3O. The van der Waals surface area contributed by atoms with Crippen molar-refractivity contribution >= 4 is 16.8 Å². The molecule has 1 atom stereocenters. The minimum Gasteiger partial charge on any atom is -0.340 e. The van der Waals surface area contributed by atoms with Gasteiger partial charge >= 0.3 is 0 Å². The summed E-state index contributed by atoms with van der Waals surface area (Å²) in [5, 5.41) is 9.29. The first kappa shape index (κ1) is 13.0. The Labute approximate surface area is 119 Å². The molecule has 102 valence electrons. The number of nitrogens with zero attached hydrogens (tertiary/aromatic N) is 2. The number of ketones is 1. The van der Waals surface area contributed by atoms with Crippen LogP contribution < -0.4 is 0 Å². The number of nitriles is 1.